The van der Waals surface area contributed by atoms with E-state index in [-0.39, 0.29) is 17.9 Å². The highest BCUT2D eigenvalue weighted by Crippen LogP contribution is 2.08. The molecule has 0 aliphatic rings. The molecule has 0 spiro atoms. The van der Waals surface area contributed by atoms with Gasteiger partial charge in [0.15, 0.2) is 0 Å². The number of esters is 1. The van der Waals surface area contributed by atoms with Gasteiger partial charge in [-0.2, -0.15) is 0 Å². The van der Waals surface area contributed by atoms with Crippen molar-refractivity contribution in [3.63, 3.8) is 0 Å². The van der Waals surface area contributed by atoms with Gasteiger partial charge < -0.3 is 10.1 Å². The fourth-order valence-corrected chi connectivity index (χ4v) is 1.56. The fraction of sp³-hybridized carbons (Fsp3) is 0.857. The van der Waals surface area contributed by atoms with Gasteiger partial charge >= 0.3 is 5.97 Å². The predicted octanol–water partition coefficient (Wildman–Crippen LogP) is 1.56. The number of hydrogen-bond acceptors (Lipinski definition) is 4. The van der Waals surface area contributed by atoms with E-state index < -0.39 is 5.60 Å². The van der Waals surface area contributed by atoms with Gasteiger partial charge in [-0.05, 0) is 41.2 Å². The molecule has 5 nitrogen and oxygen atoms in total. The molecule has 0 atom stereocenters. The van der Waals surface area contributed by atoms with Gasteiger partial charge in [0.1, 0.15) is 5.60 Å². The molecule has 0 aromatic rings. The molecule has 0 fully saturated rings. The number of ether oxygens (including phenoxy) is 1. The van der Waals surface area contributed by atoms with E-state index in [0.29, 0.717) is 19.5 Å². The first-order chi connectivity index (χ1) is 8.64. The largest absolute Gasteiger partial charge is 0.460 e. The van der Waals surface area contributed by atoms with Crippen molar-refractivity contribution in [3.05, 3.63) is 0 Å². The van der Waals surface area contributed by atoms with Gasteiger partial charge in [-0.3, -0.25) is 14.5 Å². The molecule has 1 amide bonds. The molecule has 0 aromatic carbocycles. The monoisotopic (exact) mass is 272 g/mol. The first-order valence-electron chi connectivity index (χ1n) is 6.87. The van der Waals surface area contributed by atoms with Crippen molar-refractivity contribution in [2.75, 3.05) is 19.6 Å². The molecule has 0 rings (SSSR count). The van der Waals surface area contributed by atoms with Gasteiger partial charge in [0.25, 0.3) is 0 Å². The van der Waals surface area contributed by atoms with Gasteiger partial charge in [-0.15, -0.1) is 0 Å². The Bertz CT molecular complexity index is 296. The number of carbonyl (C=O) groups excluding carboxylic acids is 2. The van der Waals surface area contributed by atoms with E-state index in [4.69, 9.17) is 4.74 Å². The summed E-state index contributed by atoms with van der Waals surface area (Å²) in [4.78, 5) is 25.2. The highest BCUT2D eigenvalue weighted by Gasteiger charge is 2.17. The Labute approximate surface area is 116 Å². The highest BCUT2D eigenvalue weighted by molar-refractivity contribution is 5.78. The summed E-state index contributed by atoms with van der Waals surface area (Å²) >= 11 is 0. The number of likely N-dealkylation sites (N-methyl/N-ethyl adjacent to an activating group) is 1. The van der Waals surface area contributed by atoms with Crippen molar-refractivity contribution in [1.29, 1.82) is 0 Å². The number of hydrogen-bond donors (Lipinski definition) is 1. The molecule has 0 unspecified atom stereocenters. The third-order valence-corrected chi connectivity index (χ3v) is 2.32. The molecule has 0 radical (unpaired) electrons. The first kappa shape index (κ1) is 17.9. The second-order valence-corrected chi connectivity index (χ2v) is 5.93. The summed E-state index contributed by atoms with van der Waals surface area (Å²) < 4.78 is 5.24. The van der Waals surface area contributed by atoms with Crippen molar-refractivity contribution >= 4 is 11.9 Å². The zero-order chi connectivity index (χ0) is 15.1. The molecule has 0 bridgehead atoms. The van der Waals surface area contributed by atoms with E-state index in [1.54, 1.807) is 0 Å². The lowest BCUT2D eigenvalue weighted by Gasteiger charge is -2.23. The Morgan fingerprint density at radius 3 is 2.26 bits per heavy atom. The molecule has 0 saturated heterocycles. The van der Waals surface area contributed by atoms with Crippen molar-refractivity contribution in [1.82, 2.24) is 10.2 Å². The van der Waals surface area contributed by atoms with Gasteiger partial charge in [0, 0.05) is 12.6 Å². The third kappa shape index (κ3) is 10.5. The second kappa shape index (κ2) is 8.15. The lowest BCUT2D eigenvalue weighted by atomic mass is 10.2. The predicted molar refractivity (Wildman–Crippen MR) is 75.9 cm³/mol. The standard InChI is InChI=1S/C14H28N2O3/c1-7-16(10-12(17)15-11(2)3)9-8-13(18)19-14(4,5)6/h11H,7-10H2,1-6H3,(H,15,17). The van der Waals surface area contributed by atoms with Crippen LogP contribution in [0.15, 0.2) is 0 Å². The van der Waals surface area contributed by atoms with Crippen molar-refractivity contribution < 1.29 is 14.3 Å². The van der Waals surface area contributed by atoms with E-state index in [1.165, 1.54) is 0 Å². The minimum absolute atomic E-state index is 0.0129. The Balaban J connectivity index is 4.06. The molecule has 0 saturated carbocycles. The molecule has 1 N–H and O–H groups in total. The summed E-state index contributed by atoms with van der Waals surface area (Å²) in [6.45, 7) is 12.9. The van der Waals surface area contributed by atoms with Crippen LogP contribution in [-0.4, -0.2) is 48.1 Å². The topological polar surface area (TPSA) is 58.6 Å². The minimum Gasteiger partial charge on any atom is -0.460 e. The maximum atomic E-state index is 11.6. The maximum absolute atomic E-state index is 11.6. The van der Waals surface area contributed by atoms with Crippen LogP contribution in [0.25, 0.3) is 0 Å². The number of nitrogens with zero attached hydrogens (tertiary/aromatic N) is 1. The number of amides is 1. The summed E-state index contributed by atoms with van der Waals surface area (Å²) in [7, 11) is 0. The summed E-state index contributed by atoms with van der Waals surface area (Å²) in [5, 5.41) is 2.84. The average Bonchev–Trinajstić information content (AvgIpc) is 2.20. The van der Waals surface area contributed by atoms with Crippen LogP contribution in [-0.2, 0) is 14.3 Å². The first-order valence-corrected chi connectivity index (χ1v) is 6.87. The van der Waals surface area contributed by atoms with Crippen LogP contribution < -0.4 is 5.32 Å². The Morgan fingerprint density at radius 2 is 1.84 bits per heavy atom. The van der Waals surface area contributed by atoms with Crippen LogP contribution in [0.4, 0.5) is 0 Å². The van der Waals surface area contributed by atoms with Crippen molar-refractivity contribution in [3.8, 4) is 0 Å². The highest BCUT2D eigenvalue weighted by atomic mass is 16.6. The van der Waals surface area contributed by atoms with E-state index in [0.717, 1.165) is 6.54 Å². The third-order valence-electron chi connectivity index (χ3n) is 2.32. The number of carbonyl (C=O) groups is 2. The van der Waals surface area contributed by atoms with Crippen LogP contribution in [0.3, 0.4) is 0 Å². The van der Waals surface area contributed by atoms with E-state index >= 15 is 0 Å². The second-order valence-electron chi connectivity index (χ2n) is 5.93. The molecular weight excluding hydrogens is 244 g/mol. The molecule has 112 valence electrons. The SMILES string of the molecule is CCN(CCC(=O)OC(C)(C)C)CC(=O)NC(C)C. The zero-order valence-corrected chi connectivity index (χ0v) is 13.1. The Morgan fingerprint density at radius 1 is 1.26 bits per heavy atom. The normalized spacial score (nSPS) is 11.8. The van der Waals surface area contributed by atoms with Gasteiger partial charge in [0.05, 0.1) is 13.0 Å². The lowest BCUT2D eigenvalue weighted by Crippen LogP contribution is -2.41. The molecular formula is C14H28N2O3. The Kier molecular flexibility index (Phi) is 7.68. The molecule has 0 aromatic heterocycles. The van der Waals surface area contributed by atoms with Crippen LogP contribution in [0, 0.1) is 0 Å². The summed E-state index contributed by atoms with van der Waals surface area (Å²) in [5.41, 5.74) is -0.455. The van der Waals surface area contributed by atoms with E-state index in [1.807, 2.05) is 46.4 Å². The zero-order valence-electron chi connectivity index (χ0n) is 13.1. The summed E-state index contributed by atoms with van der Waals surface area (Å²) in [6, 6.07) is 0.136. The van der Waals surface area contributed by atoms with Crippen molar-refractivity contribution in [2.24, 2.45) is 0 Å². The van der Waals surface area contributed by atoms with Gasteiger partial charge in [-0.1, -0.05) is 6.92 Å². The smallest absolute Gasteiger partial charge is 0.307 e. The van der Waals surface area contributed by atoms with Crippen LogP contribution in [0.1, 0.15) is 48.0 Å². The average molecular weight is 272 g/mol. The van der Waals surface area contributed by atoms with Crippen LogP contribution in [0.5, 0.6) is 0 Å². The summed E-state index contributed by atoms with van der Waals surface area (Å²) in [5.74, 6) is -0.240. The van der Waals surface area contributed by atoms with Gasteiger partial charge in [0.2, 0.25) is 5.91 Å². The minimum atomic E-state index is -0.455. The molecule has 0 heterocycles. The number of nitrogens with one attached hydrogen (secondary N) is 1. The molecule has 0 aliphatic carbocycles. The van der Waals surface area contributed by atoms with E-state index in [2.05, 4.69) is 5.32 Å². The lowest BCUT2D eigenvalue weighted by molar-refractivity contribution is -0.155. The number of rotatable bonds is 7. The Hall–Kier alpha value is -1.10. The maximum Gasteiger partial charge on any atom is 0.307 e. The fourth-order valence-electron chi connectivity index (χ4n) is 1.56. The quantitative estimate of drug-likeness (QED) is 0.715. The van der Waals surface area contributed by atoms with Crippen LogP contribution in [0.2, 0.25) is 0 Å². The van der Waals surface area contributed by atoms with Gasteiger partial charge in [-0.25, -0.2) is 0 Å². The van der Waals surface area contributed by atoms with Crippen molar-refractivity contribution in [2.45, 2.75) is 59.6 Å². The molecule has 5 heteroatoms. The molecule has 0 aliphatic heterocycles. The molecule has 19 heavy (non-hydrogen) atoms. The summed E-state index contributed by atoms with van der Waals surface area (Å²) in [6.07, 6.45) is 0.306. The van der Waals surface area contributed by atoms with E-state index in [9.17, 15) is 9.59 Å². The van der Waals surface area contributed by atoms with Crippen LogP contribution >= 0.6 is 0 Å².